The first-order valence-electron chi connectivity index (χ1n) is 4.80. The van der Waals surface area contributed by atoms with Gasteiger partial charge in [0.25, 0.3) is 5.56 Å². The van der Waals surface area contributed by atoms with E-state index in [1.807, 2.05) is 6.07 Å². The Morgan fingerprint density at radius 2 is 2.18 bits per heavy atom. The van der Waals surface area contributed by atoms with Crippen molar-refractivity contribution < 1.29 is 9.53 Å². The van der Waals surface area contributed by atoms with Gasteiger partial charge in [0.15, 0.2) is 0 Å². The summed E-state index contributed by atoms with van der Waals surface area (Å²) in [7, 11) is 1.25. The third-order valence-electron chi connectivity index (χ3n) is 2.35. The number of nitriles is 1. The number of esters is 1. The van der Waals surface area contributed by atoms with Crippen molar-refractivity contribution in [3.8, 4) is 6.07 Å². The number of hydrogen-bond acceptors (Lipinski definition) is 4. The molecule has 2 heterocycles. The summed E-state index contributed by atoms with van der Waals surface area (Å²) in [6.07, 6.45) is 1.43. The Hall–Kier alpha value is -2.61. The van der Waals surface area contributed by atoms with Gasteiger partial charge >= 0.3 is 5.97 Å². The van der Waals surface area contributed by atoms with Crippen molar-refractivity contribution in [1.82, 2.24) is 4.40 Å². The van der Waals surface area contributed by atoms with Crippen molar-refractivity contribution in [2.24, 2.45) is 0 Å². The lowest BCUT2D eigenvalue weighted by atomic mass is 10.2. The Labute approximate surface area is 96.5 Å². The van der Waals surface area contributed by atoms with Crippen LogP contribution in [0, 0.1) is 11.3 Å². The molecular weight excluding hydrogens is 220 g/mol. The molecule has 0 N–H and O–H groups in total. The van der Waals surface area contributed by atoms with Crippen LogP contribution in [0.5, 0.6) is 0 Å². The van der Waals surface area contributed by atoms with Gasteiger partial charge in [-0.05, 0) is 18.2 Å². The molecule has 0 radical (unpaired) electrons. The third kappa shape index (κ3) is 1.88. The summed E-state index contributed by atoms with van der Waals surface area (Å²) in [5.74, 6) is -0.561. The van der Waals surface area contributed by atoms with Crippen LogP contribution < -0.4 is 5.56 Å². The van der Waals surface area contributed by atoms with Crippen LogP contribution in [0.2, 0.25) is 0 Å². The highest BCUT2D eigenvalue weighted by molar-refractivity contribution is 5.90. The maximum Gasteiger partial charge on any atom is 0.338 e. The number of aromatic nitrogens is 1. The Morgan fingerprint density at radius 1 is 1.41 bits per heavy atom. The van der Waals surface area contributed by atoms with Crippen LogP contribution >= 0.6 is 0 Å². The molecule has 2 aromatic rings. The summed E-state index contributed by atoms with van der Waals surface area (Å²) in [5, 5.41) is 8.73. The van der Waals surface area contributed by atoms with Crippen LogP contribution in [0.1, 0.15) is 15.9 Å². The average Bonchev–Trinajstić information content (AvgIpc) is 2.37. The lowest BCUT2D eigenvalue weighted by Gasteiger charge is -2.03. The van der Waals surface area contributed by atoms with Crippen molar-refractivity contribution in [3.05, 3.63) is 51.9 Å². The van der Waals surface area contributed by atoms with E-state index in [4.69, 9.17) is 5.26 Å². The number of nitrogens with zero attached hydrogens (tertiary/aromatic N) is 2. The van der Waals surface area contributed by atoms with Crippen molar-refractivity contribution in [1.29, 1.82) is 5.26 Å². The molecule has 5 heteroatoms. The molecule has 0 atom stereocenters. The minimum absolute atomic E-state index is 0.196. The second-order valence-electron chi connectivity index (χ2n) is 3.40. The van der Waals surface area contributed by atoms with Crippen LogP contribution in [-0.2, 0) is 4.74 Å². The lowest BCUT2D eigenvalue weighted by molar-refractivity contribution is 0.0600. The van der Waals surface area contributed by atoms with E-state index in [0.29, 0.717) is 11.1 Å². The largest absolute Gasteiger partial charge is 0.465 e. The molecule has 2 aromatic heterocycles. The molecule has 17 heavy (non-hydrogen) atoms. The fourth-order valence-electron chi connectivity index (χ4n) is 1.53. The monoisotopic (exact) mass is 228 g/mol. The number of carbonyl (C=O) groups excluding carboxylic acids is 1. The first-order valence-corrected chi connectivity index (χ1v) is 4.80. The minimum Gasteiger partial charge on any atom is -0.465 e. The first kappa shape index (κ1) is 10.9. The Balaban J connectivity index is 2.73. The van der Waals surface area contributed by atoms with Gasteiger partial charge in [-0.3, -0.25) is 9.20 Å². The summed E-state index contributed by atoms with van der Waals surface area (Å²) < 4.78 is 5.86. The van der Waals surface area contributed by atoms with E-state index in [9.17, 15) is 9.59 Å². The van der Waals surface area contributed by atoms with Crippen molar-refractivity contribution in [2.75, 3.05) is 7.11 Å². The van der Waals surface area contributed by atoms with Gasteiger partial charge in [0.1, 0.15) is 6.07 Å². The molecule has 0 aliphatic heterocycles. The van der Waals surface area contributed by atoms with E-state index in [-0.39, 0.29) is 11.1 Å². The van der Waals surface area contributed by atoms with Gasteiger partial charge in [-0.2, -0.15) is 5.26 Å². The van der Waals surface area contributed by atoms with Crippen LogP contribution in [0.3, 0.4) is 0 Å². The smallest absolute Gasteiger partial charge is 0.338 e. The summed E-state index contributed by atoms with van der Waals surface area (Å²) in [5.41, 5.74) is 0.740. The van der Waals surface area contributed by atoms with E-state index < -0.39 is 5.97 Å². The van der Waals surface area contributed by atoms with Gasteiger partial charge in [0.2, 0.25) is 0 Å². The number of rotatable bonds is 1. The fraction of sp³-hybridized carbons (Fsp3) is 0.0833. The molecule has 0 aliphatic carbocycles. The summed E-state index contributed by atoms with van der Waals surface area (Å²) in [6.45, 7) is 0. The van der Waals surface area contributed by atoms with Crippen molar-refractivity contribution in [3.63, 3.8) is 0 Å². The number of pyridine rings is 2. The van der Waals surface area contributed by atoms with Crippen LogP contribution in [0.15, 0.2) is 35.3 Å². The first-order chi connectivity index (χ1) is 8.15. The number of methoxy groups -OCH3 is 1. The molecular formula is C12H8N2O3. The minimum atomic E-state index is -0.561. The van der Waals surface area contributed by atoms with E-state index in [0.717, 1.165) is 0 Å². The van der Waals surface area contributed by atoms with Crippen molar-refractivity contribution in [2.45, 2.75) is 0 Å². The number of hydrogen-bond donors (Lipinski definition) is 0. The van der Waals surface area contributed by atoms with Gasteiger partial charge in [0.05, 0.1) is 18.2 Å². The number of ether oxygens (including phenoxy) is 1. The number of fused-ring (bicyclic) bond motifs is 1. The predicted molar refractivity (Wildman–Crippen MR) is 59.7 cm³/mol. The molecule has 0 aromatic carbocycles. The van der Waals surface area contributed by atoms with Crippen molar-refractivity contribution >= 4 is 11.5 Å². The van der Waals surface area contributed by atoms with Gasteiger partial charge in [-0.1, -0.05) is 0 Å². The summed E-state index contributed by atoms with van der Waals surface area (Å²) in [4.78, 5) is 23.0. The standard InChI is InChI=1S/C12H8N2O3/c1-17-12(16)9-4-10-3-2-8(6-13)7-14(10)11(15)5-9/h2-5,7H,1H3. The highest BCUT2D eigenvalue weighted by atomic mass is 16.5. The van der Waals surface area contributed by atoms with E-state index >= 15 is 0 Å². The fourth-order valence-corrected chi connectivity index (χ4v) is 1.53. The second-order valence-corrected chi connectivity index (χ2v) is 3.40. The van der Waals surface area contributed by atoms with Gasteiger partial charge < -0.3 is 4.74 Å². The van der Waals surface area contributed by atoms with Gasteiger partial charge in [0, 0.05) is 17.8 Å². The highest BCUT2D eigenvalue weighted by Gasteiger charge is 2.08. The zero-order valence-corrected chi connectivity index (χ0v) is 9.01. The van der Waals surface area contributed by atoms with E-state index in [1.165, 1.54) is 29.8 Å². The molecule has 0 unspecified atom stereocenters. The van der Waals surface area contributed by atoms with Gasteiger partial charge in [-0.15, -0.1) is 0 Å². The molecule has 0 aliphatic rings. The quantitative estimate of drug-likeness (QED) is 0.681. The lowest BCUT2D eigenvalue weighted by Crippen LogP contribution is -2.16. The molecule has 0 fully saturated rings. The van der Waals surface area contributed by atoms with Crippen LogP contribution in [-0.4, -0.2) is 17.5 Å². The molecule has 0 bridgehead atoms. The zero-order chi connectivity index (χ0) is 12.4. The maximum absolute atomic E-state index is 11.7. The molecule has 2 rings (SSSR count). The van der Waals surface area contributed by atoms with E-state index in [2.05, 4.69) is 4.74 Å². The summed E-state index contributed by atoms with van der Waals surface area (Å²) in [6, 6.07) is 7.84. The third-order valence-corrected chi connectivity index (χ3v) is 2.35. The molecule has 0 saturated carbocycles. The average molecular weight is 228 g/mol. The zero-order valence-electron chi connectivity index (χ0n) is 9.01. The number of carbonyl (C=O) groups is 1. The Kier molecular flexibility index (Phi) is 2.63. The van der Waals surface area contributed by atoms with Crippen LogP contribution in [0.25, 0.3) is 5.52 Å². The SMILES string of the molecule is COC(=O)c1cc(=O)n2cc(C#N)ccc2c1. The maximum atomic E-state index is 11.7. The molecule has 84 valence electrons. The predicted octanol–water partition coefficient (Wildman–Crippen LogP) is 0.958. The molecule has 0 saturated heterocycles. The summed E-state index contributed by atoms with van der Waals surface area (Å²) >= 11 is 0. The Bertz CT molecular complexity index is 695. The molecule has 0 amide bonds. The topological polar surface area (TPSA) is 71.6 Å². The highest BCUT2D eigenvalue weighted by Crippen LogP contribution is 2.07. The second kappa shape index (κ2) is 4.10. The van der Waals surface area contributed by atoms with E-state index in [1.54, 1.807) is 12.1 Å². The van der Waals surface area contributed by atoms with Gasteiger partial charge in [-0.25, -0.2) is 4.79 Å². The molecule has 0 spiro atoms. The molecule has 5 nitrogen and oxygen atoms in total. The normalized spacial score (nSPS) is 9.88. The van der Waals surface area contributed by atoms with Crippen LogP contribution in [0.4, 0.5) is 0 Å². The Morgan fingerprint density at radius 3 is 2.82 bits per heavy atom.